The average Bonchev–Trinajstić information content (AvgIpc) is 2.07. The molecule has 6 heteroatoms. The van der Waals surface area contributed by atoms with Crippen molar-refractivity contribution >= 4 is 16.2 Å². The minimum atomic E-state index is -4.07. The van der Waals surface area contributed by atoms with Gasteiger partial charge in [0.15, 0.2) is 0 Å². The van der Waals surface area contributed by atoms with Gasteiger partial charge in [-0.05, 0) is 37.1 Å². The molecule has 0 saturated heterocycles. The van der Waals surface area contributed by atoms with Crippen LogP contribution in [0.2, 0.25) is 0 Å². The van der Waals surface area contributed by atoms with Gasteiger partial charge in [-0.2, -0.15) is 8.42 Å². The fraction of sp³-hybridized carbons (Fsp3) is 0.222. The molecule has 0 aromatic heterocycles. The van der Waals surface area contributed by atoms with E-state index in [1.54, 1.807) is 13.0 Å². The summed E-state index contributed by atoms with van der Waals surface area (Å²) in [6.45, 7) is 3.61. The van der Waals surface area contributed by atoms with E-state index in [1.165, 1.54) is 12.1 Å². The Bertz CT molecular complexity index is 493. The van der Waals surface area contributed by atoms with Crippen molar-refractivity contribution in [3.05, 3.63) is 29.3 Å². The summed E-state index contributed by atoms with van der Waals surface area (Å²) in [6, 6.07) is 4.42. The van der Waals surface area contributed by atoms with E-state index in [9.17, 15) is 13.2 Å². The normalized spacial score (nSPS) is 11.1. The summed E-state index contributed by atoms with van der Waals surface area (Å²) in [4.78, 5) is 10.3. The number of carbonyl (C=O) groups is 1. The van der Waals surface area contributed by atoms with Crippen LogP contribution in [-0.4, -0.2) is 14.5 Å². The van der Waals surface area contributed by atoms with E-state index in [1.807, 2.05) is 6.92 Å². The van der Waals surface area contributed by atoms with Crippen LogP contribution in [0.25, 0.3) is 0 Å². The highest BCUT2D eigenvalue weighted by atomic mass is 32.2. The molecule has 82 valence electrons. The SMILES string of the molecule is Cc1ccc(S(=O)(=O)OC(N)=O)cc1C. The summed E-state index contributed by atoms with van der Waals surface area (Å²) >= 11 is 0. The lowest BCUT2D eigenvalue weighted by molar-refractivity contribution is 0.212. The first-order chi connectivity index (χ1) is 6.83. The quantitative estimate of drug-likeness (QED) is 0.769. The van der Waals surface area contributed by atoms with Crippen molar-refractivity contribution in [1.82, 2.24) is 0 Å². The highest BCUT2D eigenvalue weighted by Crippen LogP contribution is 2.16. The molecular formula is C9H11NO4S. The van der Waals surface area contributed by atoms with Gasteiger partial charge >= 0.3 is 16.2 Å². The second kappa shape index (κ2) is 3.90. The Morgan fingerprint density at radius 3 is 2.33 bits per heavy atom. The number of hydrogen-bond acceptors (Lipinski definition) is 4. The highest BCUT2D eigenvalue weighted by Gasteiger charge is 2.18. The number of aryl methyl sites for hydroxylation is 2. The molecule has 0 bridgehead atoms. The minimum Gasteiger partial charge on any atom is -0.334 e. The van der Waals surface area contributed by atoms with E-state index in [0.29, 0.717) is 0 Å². The van der Waals surface area contributed by atoms with Gasteiger partial charge in [0.1, 0.15) is 4.90 Å². The molecule has 0 saturated carbocycles. The number of hydrogen-bond donors (Lipinski definition) is 1. The van der Waals surface area contributed by atoms with Crippen molar-refractivity contribution in [2.24, 2.45) is 5.73 Å². The van der Waals surface area contributed by atoms with Crippen LogP contribution in [0, 0.1) is 13.8 Å². The molecule has 1 aromatic carbocycles. The highest BCUT2D eigenvalue weighted by molar-refractivity contribution is 7.87. The monoisotopic (exact) mass is 229 g/mol. The van der Waals surface area contributed by atoms with Gasteiger partial charge in [-0.1, -0.05) is 6.07 Å². The lowest BCUT2D eigenvalue weighted by Crippen LogP contribution is -2.18. The number of rotatable bonds is 2. The summed E-state index contributed by atoms with van der Waals surface area (Å²) in [5.41, 5.74) is 6.39. The van der Waals surface area contributed by atoms with Crippen LogP contribution in [0.4, 0.5) is 4.79 Å². The van der Waals surface area contributed by atoms with E-state index in [-0.39, 0.29) is 4.90 Å². The summed E-state index contributed by atoms with van der Waals surface area (Å²) in [6.07, 6.45) is -1.34. The molecule has 0 radical (unpaired) electrons. The van der Waals surface area contributed by atoms with Gasteiger partial charge in [-0.3, -0.25) is 0 Å². The van der Waals surface area contributed by atoms with Crippen LogP contribution in [0.15, 0.2) is 23.1 Å². The van der Waals surface area contributed by atoms with Crippen LogP contribution in [0.5, 0.6) is 0 Å². The minimum absolute atomic E-state index is 0.0793. The van der Waals surface area contributed by atoms with Gasteiger partial charge in [0, 0.05) is 0 Å². The van der Waals surface area contributed by atoms with Gasteiger partial charge in [-0.25, -0.2) is 4.79 Å². The molecule has 0 heterocycles. The maximum atomic E-state index is 11.4. The van der Waals surface area contributed by atoms with Crippen molar-refractivity contribution in [2.75, 3.05) is 0 Å². The molecule has 0 unspecified atom stereocenters. The van der Waals surface area contributed by atoms with Crippen LogP contribution < -0.4 is 5.73 Å². The molecule has 0 atom stereocenters. The number of carbonyl (C=O) groups excluding carboxylic acids is 1. The van der Waals surface area contributed by atoms with Crippen LogP contribution in [0.3, 0.4) is 0 Å². The van der Waals surface area contributed by atoms with Gasteiger partial charge in [0.05, 0.1) is 0 Å². The largest absolute Gasteiger partial charge is 0.420 e. The second-order valence-electron chi connectivity index (χ2n) is 3.10. The fourth-order valence-corrected chi connectivity index (χ4v) is 1.89. The Hall–Kier alpha value is -1.56. The molecule has 1 rings (SSSR count). The number of amides is 1. The van der Waals surface area contributed by atoms with Gasteiger partial charge in [-0.15, -0.1) is 0 Å². The van der Waals surface area contributed by atoms with Crippen molar-refractivity contribution in [2.45, 2.75) is 18.7 Å². The van der Waals surface area contributed by atoms with Crippen molar-refractivity contribution in [3.8, 4) is 0 Å². The maximum absolute atomic E-state index is 11.4. The van der Waals surface area contributed by atoms with Crippen molar-refractivity contribution in [3.63, 3.8) is 0 Å². The first-order valence-corrected chi connectivity index (χ1v) is 5.55. The van der Waals surface area contributed by atoms with Gasteiger partial charge in [0.25, 0.3) is 0 Å². The van der Waals surface area contributed by atoms with Crippen LogP contribution in [0.1, 0.15) is 11.1 Å². The van der Waals surface area contributed by atoms with Gasteiger partial charge < -0.3 is 9.92 Å². The molecule has 0 aliphatic rings. The van der Waals surface area contributed by atoms with Crippen molar-refractivity contribution < 1.29 is 17.4 Å². The van der Waals surface area contributed by atoms with E-state index in [2.05, 4.69) is 9.92 Å². The Morgan fingerprint density at radius 2 is 1.87 bits per heavy atom. The topological polar surface area (TPSA) is 86.5 Å². The third-order valence-corrected chi connectivity index (χ3v) is 3.17. The third-order valence-electron chi connectivity index (χ3n) is 1.96. The zero-order valence-corrected chi connectivity index (χ0v) is 9.17. The van der Waals surface area contributed by atoms with Crippen LogP contribution >= 0.6 is 0 Å². The first kappa shape index (κ1) is 11.5. The molecule has 15 heavy (non-hydrogen) atoms. The van der Waals surface area contributed by atoms with E-state index >= 15 is 0 Å². The Balaban J connectivity index is 3.17. The standard InChI is InChI=1S/C9H11NO4S/c1-6-3-4-8(5-7(6)2)15(12,13)14-9(10)11/h3-5H,1-2H3,(H2,10,11). The first-order valence-electron chi connectivity index (χ1n) is 4.14. The van der Waals surface area contributed by atoms with E-state index in [4.69, 9.17) is 0 Å². The molecule has 2 N–H and O–H groups in total. The zero-order chi connectivity index (χ0) is 11.6. The number of benzene rings is 1. The Morgan fingerprint density at radius 1 is 1.27 bits per heavy atom. The van der Waals surface area contributed by atoms with Gasteiger partial charge in [0.2, 0.25) is 0 Å². The molecule has 0 aliphatic carbocycles. The summed E-state index contributed by atoms with van der Waals surface area (Å²) < 4.78 is 26.8. The van der Waals surface area contributed by atoms with Crippen molar-refractivity contribution in [1.29, 1.82) is 0 Å². The third kappa shape index (κ3) is 2.69. The smallest absolute Gasteiger partial charge is 0.334 e. The lowest BCUT2D eigenvalue weighted by atomic mass is 10.1. The Labute approximate surface area is 88.0 Å². The van der Waals surface area contributed by atoms with E-state index in [0.717, 1.165) is 11.1 Å². The zero-order valence-electron chi connectivity index (χ0n) is 8.35. The summed E-state index contributed by atoms with van der Waals surface area (Å²) in [7, 11) is -4.07. The molecule has 0 fully saturated rings. The number of primary amides is 1. The van der Waals surface area contributed by atoms with E-state index < -0.39 is 16.2 Å². The second-order valence-corrected chi connectivity index (χ2v) is 4.65. The lowest BCUT2D eigenvalue weighted by Gasteiger charge is -2.05. The average molecular weight is 229 g/mol. The molecule has 1 amide bonds. The predicted octanol–water partition coefficient (Wildman–Crippen LogP) is 1.09. The fourth-order valence-electron chi connectivity index (χ4n) is 1.03. The molecular weight excluding hydrogens is 218 g/mol. The predicted molar refractivity (Wildman–Crippen MR) is 53.8 cm³/mol. The number of nitrogens with two attached hydrogens (primary N) is 1. The summed E-state index contributed by atoms with van der Waals surface area (Å²) in [5.74, 6) is 0. The summed E-state index contributed by atoms with van der Waals surface area (Å²) in [5, 5.41) is 0. The molecule has 5 nitrogen and oxygen atoms in total. The Kier molecular flexibility index (Phi) is 2.99. The molecule has 0 aliphatic heterocycles. The molecule has 1 aromatic rings. The van der Waals surface area contributed by atoms with Crippen LogP contribution in [-0.2, 0) is 14.3 Å². The molecule has 0 spiro atoms. The maximum Gasteiger partial charge on any atom is 0.420 e.